The van der Waals surface area contributed by atoms with Crippen LogP contribution in [0.5, 0.6) is 0 Å². The summed E-state index contributed by atoms with van der Waals surface area (Å²) < 4.78 is 23.1. The molecule has 0 aromatic carbocycles. The van der Waals surface area contributed by atoms with Gasteiger partial charge in [-0.3, -0.25) is 0 Å². The number of rotatable bonds is 5. The topological polar surface area (TPSA) is 92.3 Å². The van der Waals surface area contributed by atoms with Crippen molar-refractivity contribution in [3.8, 4) is 0 Å². The lowest BCUT2D eigenvalue weighted by atomic mass is 10.2. The Morgan fingerprint density at radius 1 is 1.33 bits per heavy atom. The molecule has 0 saturated carbocycles. The Hall–Kier alpha value is -1.70. The van der Waals surface area contributed by atoms with Crippen LogP contribution in [0.3, 0.4) is 0 Å². The number of aromatic nitrogens is 2. The minimum absolute atomic E-state index is 0.397. The van der Waals surface area contributed by atoms with Gasteiger partial charge in [-0.1, -0.05) is 6.92 Å². The van der Waals surface area contributed by atoms with Crippen LogP contribution in [0.25, 0.3) is 0 Å². The van der Waals surface area contributed by atoms with E-state index in [0.717, 1.165) is 12.7 Å². The summed E-state index contributed by atoms with van der Waals surface area (Å²) in [6.07, 6.45) is 4.94. The fourth-order valence-corrected chi connectivity index (χ4v) is 2.57. The summed E-state index contributed by atoms with van der Waals surface area (Å²) in [4.78, 5) is 21.6. The minimum Gasteiger partial charge on any atom is -0.324 e. The van der Waals surface area contributed by atoms with E-state index in [4.69, 9.17) is 0 Å². The van der Waals surface area contributed by atoms with Crippen LogP contribution < -0.4 is 5.32 Å². The monoisotopic (exact) mass is 314 g/mol. The molecule has 1 aromatic rings. The molecule has 1 rings (SSSR count). The van der Waals surface area contributed by atoms with Crippen molar-refractivity contribution in [1.82, 2.24) is 14.9 Å². The van der Waals surface area contributed by atoms with Crippen molar-refractivity contribution in [2.45, 2.75) is 38.5 Å². The summed E-state index contributed by atoms with van der Waals surface area (Å²) in [6, 6.07) is -0.846. The number of nitrogens with zero attached hydrogens (tertiary/aromatic N) is 3. The minimum atomic E-state index is -3.21. The highest BCUT2D eigenvalue weighted by Crippen LogP contribution is 2.12. The molecule has 0 aliphatic heterocycles. The van der Waals surface area contributed by atoms with Gasteiger partial charge in [0.15, 0.2) is 9.84 Å². The Balaban J connectivity index is 2.73. The van der Waals surface area contributed by atoms with E-state index in [1.165, 1.54) is 17.3 Å². The number of carbonyl (C=O) groups excluding carboxylic acids is 1. The largest absolute Gasteiger partial charge is 0.324 e. The van der Waals surface area contributed by atoms with Gasteiger partial charge >= 0.3 is 6.03 Å². The van der Waals surface area contributed by atoms with E-state index in [9.17, 15) is 13.2 Å². The maximum Gasteiger partial charge on any atom is 0.321 e. The molecule has 0 saturated heterocycles. The lowest BCUT2D eigenvalue weighted by Gasteiger charge is -2.28. The highest BCUT2D eigenvalue weighted by Gasteiger charge is 2.28. The third-order valence-electron chi connectivity index (χ3n) is 3.56. The molecular formula is C13H22N4O3S. The molecule has 0 fully saturated rings. The van der Waals surface area contributed by atoms with E-state index in [1.807, 2.05) is 6.92 Å². The van der Waals surface area contributed by atoms with Crippen LogP contribution in [0.4, 0.5) is 10.5 Å². The van der Waals surface area contributed by atoms with E-state index < -0.39 is 27.2 Å². The molecule has 2 atom stereocenters. The van der Waals surface area contributed by atoms with Crippen molar-refractivity contribution >= 4 is 21.6 Å². The van der Waals surface area contributed by atoms with Gasteiger partial charge in [-0.2, -0.15) is 0 Å². The van der Waals surface area contributed by atoms with Crippen molar-refractivity contribution < 1.29 is 13.2 Å². The van der Waals surface area contributed by atoms with E-state index in [-0.39, 0.29) is 0 Å². The Morgan fingerprint density at radius 3 is 2.29 bits per heavy atom. The Bertz CT molecular complexity index is 586. The van der Waals surface area contributed by atoms with Crippen molar-refractivity contribution in [3.05, 3.63) is 18.2 Å². The zero-order valence-corrected chi connectivity index (χ0v) is 13.8. The predicted molar refractivity (Wildman–Crippen MR) is 82.0 cm³/mol. The third kappa shape index (κ3) is 4.66. The second-order valence-corrected chi connectivity index (χ2v) is 7.46. The highest BCUT2D eigenvalue weighted by molar-refractivity contribution is 7.91. The molecule has 8 heteroatoms. The summed E-state index contributed by atoms with van der Waals surface area (Å²) in [5.74, 6) is 0.695. The van der Waals surface area contributed by atoms with Crippen LogP contribution in [0.15, 0.2) is 12.4 Å². The molecule has 1 heterocycles. The van der Waals surface area contributed by atoms with Crippen LogP contribution >= 0.6 is 0 Å². The third-order valence-corrected chi connectivity index (χ3v) is 5.30. The molecule has 0 radical (unpaired) electrons. The van der Waals surface area contributed by atoms with Crippen LogP contribution in [-0.2, 0) is 16.3 Å². The lowest BCUT2D eigenvalue weighted by molar-refractivity contribution is 0.207. The second kappa shape index (κ2) is 6.84. The molecule has 21 heavy (non-hydrogen) atoms. The zero-order valence-electron chi connectivity index (χ0n) is 13.0. The van der Waals surface area contributed by atoms with Gasteiger partial charge in [0, 0.05) is 25.8 Å². The Kier molecular flexibility index (Phi) is 5.65. The number of sulfone groups is 1. The van der Waals surface area contributed by atoms with Crippen molar-refractivity contribution in [2.75, 3.05) is 18.6 Å². The molecule has 1 aromatic heterocycles. The maximum absolute atomic E-state index is 12.1. The SMILES string of the molecule is CCc1ncc(NC(=O)N(C)[C@H](C)[C@@H](C)S(C)(=O)=O)cn1. The van der Waals surface area contributed by atoms with E-state index in [1.54, 1.807) is 20.9 Å². The average molecular weight is 314 g/mol. The van der Waals surface area contributed by atoms with Crippen molar-refractivity contribution in [2.24, 2.45) is 0 Å². The maximum atomic E-state index is 12.1. The molecule has 0 spiro atoms. The van der Waals surface area contributed by atoms with Crippen LogP contribution in [0.2, 0.25) is 0 Å². The van der Waals surface area contributed by atoms with Gasteiger partial charge in [0.05, 0.1) is 23.3 Å². The number of anilines is 1. The summed E-state index contributed by atoms with van der Waals surface area (Å²) in [5, 5.41) is 2.00. The molecule has 7 nitrogen and oxygen atoms in total. The Labute approximate surface area is 125 Å². The normalized spacial score (nSPS) is 14.3. The summed E-state index contributed by atoms with van der Waals surface area (Å²) in [7, 11) is -1.65. The second-order valence-electron chi connectivity index (χ2n) is 5.06. The van der Waals surface area contributed by atoms with Crippen LogP contribution in [0, 0.1) is 0 Å². The summed E-state index contributed by atoms with van der Waals surface area (Å²) in [5.41, 5.74) is 0.475. The molecule has 0 unspecified atom stereocenters. The van der Waals surface area contributed by atoms with Gasteiger partial charge in [-0.25, -0.2) is 23.2 Å². The van der Waals surface area contributed by atoms with E-state index >= 15 is 0 Å². The quantitative estimate of drug-likeness (QED) is 0.885. The van der Waals surface area contributed by atoms with Crippen molar-refractivity contribution in [3.63, 3.8) is 0 Å². The fraction of sp³-hybridized carbons (Fsp3) is 0.615. The molecule has 0 bridgehead atoms. The predicted octanol–water partition coefficient (Wildman–Crippen LogP) is 1.32. The lowest BCUT2D eigenvalue weighted by Crippen LogP contribution is -2.46. The highest BCUT2D eigenvalue weighted by atomic mass is 32.2. The number of amides is 2. The number of urea groups is 1. The number of aryl methyl sites for hydroxylation is 1. The first-order valence-electron chi connectivity index (χ1n) is 6.70. The first-order chi connectivity index (χ1) is 9.66. The van der Waals surface area contributed by atoms with Gasteiger partial charge in [0.1, 0.15) is 5.82 Å². The smallest absolute Gasteiger partial charge is 0.321 e. The number of hydrogen-bond donors (Lipinski definition) is 1. The number of hydrogen-bond acceptors (Lipinski definition) is 5. The first-order valence-corrected chi connectivity index (χ1v) is 8.65. The number of carbonyl (C=O) groups is 1. The fourth-order valence-electron chi connectivity index (χ4n) is 1.67. The van der Waals surface area contributed by atoms with Gasteiger partial charge in [0.2, 0.25) is 0 Å². The van der Waals surface area contributed by atoms with Gasteiger partial charge < -0.3 is 10.2 Å². The zero-order chi connectivity index (χ0) is 16.2. The van der Waals surface area contributed by atoms with Crippen LogP contribution in [-0.4, -0.2) is 53.9 Å². The summed E-state index contributed by atoms with van der Waals surface area (Å²) in [6.45, 7) is 5.22. The van der Waals surface area contributed by atoms with Gasteiger partial charge in [0.25, 0.3) is 0 Å². The van der Waals surface area contributed by atoms with Crippen molar-refractivity contribution in [1.29, 1.82) is 0 Å². The molecule has 0 aliphatic rings. The molecular weight excluding hydrogens is 292 g/mol. The van der Waals surface area contributed by atoms with Crippen LogP contribution in [0.1, 0.15) is 26.6 Å². The molecule has 2 amide bonds. The molecule has 118 valence electrons. The van der Waals surface area contributed by atoms with E-state index in [2.05, 4.69) is 15.3 Å². The molecule has 1 N–H and O–H groups in total. The Morgan fingerprint density at radius 2 is 1.86 bits per heavy atom. The average Bonchev–Trinajstić information content (AvgIpc) is 2.44. The van der Waals surface area contributed by atoms with Gasteiger partial charge in [-0.05, 0) is 13.8 Å². The number of nitrogens with one attached hydrogen (secondary N) is 1. The summed E-state index contributed by atoms with van der Waals surface area (Å²) >= 11 is 0. The standard InChI is InChI=1S/C13H22N4O3S/c1-6-12-14-7-11(8-15-12)16-13(18)17(4)9(2)10(3)21(5,19)20/h7-10H,6H2,1-5H3,(H,16,18)/t9-,10-/m1/s1. The van der Waals surface area contributed by atoms with E-state index in [0.29, 0.717) is 11.5 Å². The molecule has 0 aliphatic carbocycles. The first kappa shape index (κ1) is 17.4. The van der Waals surface area contributed by atoms with Gasteiger partial charge in [-0.15, -0.1) is 0 Å².